The van der Waals surface area contributed by atoms with Gasteiger partial charge in [-0.2, -0.15) is 0 Å². The topological polar surface area (TPSA) is 95.8 Å². The Morgan fingerprint density at radius 1 is 1.22 bits per heavy atom. The minimum absolute atomic E-state index is 0.0953. The highest BCUT2D eigenvalue weighted by Crippen LogP contribution is 2.27. The van der Waals surface area contributed by atoms with Gasteiger partial charge in [-0.3, -0.25) is 19.7 Å². The summed E-state index contributed by atoms with van der Waals surface area (Å²) in [5.41, 5.74) is 0.570. The highest BCUT2D eigenvalue weighted by atomic mass is 16.6. The maximum absolute atomic E-state index is 12.6. The van der Waals surface area contributed by atoms with E-state index in [0.717, 1.165) is 12.8 Å². The molecule has 2 saturated heterocycles. The zero-order valence-corrected chi connectivity index (χ0v) is 12.7. The Morgan fingerprint density at radius 3 is 2.61 bits per heavy atom. The quantitative estimate of drug-likeness (QED) is 0.656. The Kier molecular flexibility index (Phi) is 4.14. The lowest BCUT2D eigenvalue weighted by atomic mass is 10.1. The minimum Gasteiger partial charge on any atom is -0.360 e. The van der Waals surface area contributed by atoms with Gasteiger partial charge in [0, 0.05) is 37.9 Å². The van der Waals surface area contributed by atoms with Gasteiger partial charge in [-0.1, -0.05) is 0 Å². The SMILES string of the molecule is O=C1CN(c2ccc([N+](=O)[O-])c(C(=O)N3CCCC3)c2)CCN1. The molecule has 2 aliphatic heterocycles. The Balaban J connectivity index is 1.94. The molecule has 0 saturated carbocycles. The second-order valence-corrected chi connectivity index (χ2v) is 5.73. The molecule has 23 heavy (non-hydrogen) atoms. The molecule has 0 spiro atoms. The number of nitro groups is 1. The van der Waals surface area contributed by atoms with Crippen LogP contribution in [0.4, 0.5) is 11.4 Å². The average molecular weight is 318 g/mol. The van der Waals surface area contributed by atoms with Crippen molar-refractivity contribution >= 4 is 23.2 Å². The standard InChI is InChI=1S/C15H18N4O4/c20-14-10-18(8-5-16-14)11-3-4-13(19(22)23)12(9-11)15(21)17-6-1-2-7-17/h3-4,9H,1-2,5-8,10H2,(H,16,20). The lowest BCUT2D eigenvalue weighted by Crippen LogP contribution is -2.47. The van der Waals surface area contributed by atoms with Gasteiger partial charge in [-0.05, 0) is 25.0 Å². The second kappa shape index (κ2) is 6.23. The van der Waals surface area contributed by atoms with Crippen molar-refractivity contribution in [1.82, 2.24) is 10.2 Å². The third kappa shape index (κ3) is 3.10. The predicted molar refractivity (Wildman–Crippen MR) is 83.5 cm³/mol. The highest BCUT2D eigenvalue weighted by molar-refractivity contribution is 5.99. The average Bonchev–Trinajstić information content (AvgIpc) is 3.08. The van der Waals surface area contributed by atoms with Crippen molar-refractivity contribution in [1.29, 1.82) is 0 Å². The Hall–Kier alpha value is -2.64. The van der Waals surface area contributed by atoms with E-state index in [1.807, 2.05) is 4.90 Å². The van der Waals surface area contributed by atoms with E-state index >= 15 is 0 Å². The molecule has 2 amide bonds. The summed E-state index contributed by atoms with van der Waals surface area (Å²) in [6.45, 7) is 2.58. The lowest BCUT2D eigenvalue weighted by molar-refractivity contribution is -0.385. The molecule has 1 N–H and O–H groups in total. The van der Waals surface area contributed by atoms with Gasteiger partial charge in [0.15, 0.2) is 0 Å². The van der Waals surface area contributed by atoms with Crippen LogP contribution in [0.15, 0.2) is 18.2 Å². The van der Waals surface area contributed by atoms with Crippen LogP contribution in [-0.4, -0.2) is 54.4 Å². The van der Waals surface area contributed by atoms with Crippen LogP contribution >= 0.6 is 0 Å². The van der Waals surface area contributed by atoms with Crippen molar-refractivity contribution in [2.75, 3.05) is 37.6 Å². The van der Waals surface area contributed by atoms with Gasteiger partial charge < -0.3 is 15.1 Å². The number of carbonyl (C=O) groups is 2. The fourth-order valence-electron chi connectivity index (χ4n) is 3.00. The molecule has 0 bridgehead atoms. The number of piperazine rings is 1. The molecule has 0 aromatic heterocycles. The predicted octanol–water partition coefficient (Wildman–Crippen LogP) is 0.767. The first kappa shape index (κ1) is 15.3. The largest absolute Gasteiger partial charge is 0.360 e. The molecule has 8 nitrogen and oxygen atoms in total. The molecule has 1 aromatic carbocycles. The first-order valence-electron chi connectivity index (χ1n) is 7.65. The number of rotatable bonds is 3. The van der Waals surface area contributed by atoms with E-state index in [-0.39, 0.29) is 29.6 Å². The van der Waals surface area contributed by atoms with Crippen LogP contribution in [0.2, 0.25) is 0 Å². The molecule has 122 valence electrons. The van der Waals surface area contributed by atoms with Crippen LogP contribution in [0.3, 0.4) is 0 Å². The van der Waals surface area contributed by atoms with Crippen LogP contribution < -0.4 is 10.2 Å². The first-order valence-corrected chi connectivity index (χ1v) is 7.65. The summed E-state index contributed by atoms with van der Waals surface area (Å²) in [7, 11) is 0. The molecule has 0 radical (unpaired) electrons. The summed E-state index contributed by atoms with van der Waals surface area (Å²) in [5, 5.41) is 14.0. The maximum atomic E-state index is 12.6. The summed E-state index contributed by atoms with van der Waals surface area (Å²) in [6, 6.07) is 4.49. The van der Waals surface area contributed by atoms with E-state index in [1.165, 1.54) is 12.1 Å². The van der Waals surface area contributed by atoms with Crippen molar-refractivity contribution in [2.45, 2.75) is 12.8 Å². The summed E-state index contributed by atoms with van der Waals surface area (Å²) in [5.74, 6) is -0.403. The van der Waals surface area contributed by atoms with Crippen molar-refractivity contribution in [3.63, 3.8) is 0 Å². The number of nitrogens with one attached hydrogen (secondary N) is 1. The molecule has 8 heteroatoms. The molecule has 0 unspecified atom stereocenters. The van der Waals surface area contributed by atoms with Crippen molar-refractivity contribution in [2.24, 2.45) is 0 Å². The molecule has 0 aliphatic carbocycles. The van der Waals surface area contributed by atoms with Gasteiger partial charge in [-0.25, -0.2) is 0 Å². The lowest BCUT2D eigenvalue weighted by Gasteiger charge is -2.29. The number of amides is 2. The van der Waals surface area contributed by atoms with E-state index in [9.17, 15) is 19.7 Å². The van der Waals surface area contributed by atoms with Crippen LogP contribution in [0, 0.1) is 10.1 Å². The molecular weight excluding hydrogens is 300 g/mol. The molecule has 2 heterocycles. The first-order chi connectivity index (χ1) is 11.1. The second-order valence-electron chi connectivity index (χ2n) is 5.73. The van der Waals surface area contributed by atoms with Crippen LogP contribution in [-0.2, 0) is 4.79 Å². The van der Waals surface area contributed by atoms with E-state index in [2.05, 4.69) is 5.32 Å². The minimum atomic E-state index is -0.532. The number of nitrogens with zero attached hydrogens (tertiary/aromatic N) is 3. The molecule has 2 aliphatic rings. The summed E-state index contributed by atoms with van der Waals surface area (Å²) >= 11 is 0. The van der Waals surface area contributed by atoms with Crippen molar-refractivity contribution in [3.05, 3.63) is 33.9 Å². The monoisotopic (exact) mass is 318 g/mol. The van der Waals surface area contributed by atoms with Gasteiger partial charge in [0.2, 0.25) is 5.91 Å². The molecule has 2 fully saturated rings. The zero-order valence-electron chi connectivity index (χ0n) is 12.7. The van der Waals surface area contributed by atoms with E-state index in [0.29, 0.717) is 31.9 Å². The number of benzene rings is 1. The summed E-state index contributed by atoms with van der Waals surface area (Å²) in [6.07, 6.45) is 1.84. The van der Waals surface area contributed by atoms with Gasteiger partial charge in [0.05, 0.1) is 11.5 Å². The van der Waals surface area contributed by atoms with Gasteiger partial charge in [0.25, 0.3) is 11.6 Å². The Labute approximate surface area is 133 Å². The normalized spacial score (nSPS) is 18.0. The van der Waals surface area contributed by atoms with Crippen LogP contribution in [0.1, 0.15) is 23.2 Å². The maximum Gasteiger partial charge on any atom is 0.282 e. The van der Waals surface area contributed by atoms with E-state index < -0.39 is 4.92 Å². The third-order valence-electron chi connectivity index (χ3n) is 4.20. The van der Waals surface area contributed by atoms with E-state index in [1.54, 1.807) is 11.0 Å². The fourth-order valence-corrected chi connectivity index (χ4v) is 3.00. The number of likely N-dealkylation sites (tertiary alicyclic amines) is 1. The summed E-state index contributed by atoms with van der Waals surface area (Å²) in [4.78, 5) is 38.3. The van der Waals surface area contributed by atoms with Gasteiger partial charge in [-0.15, -0.1) is 0 Å². The molecule has 0 atom stereocenters. The molecule has 1 aromatic rings. The van der Waals surface area contributed by atoms with Crippen LogP contribution in [0.25, 0.3) is 0 Å². The van der Waals surface area contributed by atoms with E-state index in [4.69, 9.17) is 0 Å². The van der Waals surface area contributed by atoms with Crippen molar-refractivity contribution < 1.29 is 14.5 Å². The number of anilines is 1. The number of hydrogen-bond donors (Lipinski definition) is 1. The van der Waals surface area contributed by atoms with Gasteiger partial charge in [0.1, 0.15) is 5.56 Å². The zero-order chi connectivity index (χ0) is 16.4. The molecule has 3 rings (SSSR count). The molecular formula is C15H18N4O4. The Morgan fingerprint density at radius 2 is 1.96 bits per heavy atom. The third-order valence-corrected chi connectivity index (χ3v) is 4.20. The van der Waals surface area contributed by atoms with Crippen LogP contribution in [0.5, 0.6) is 0 Å². The number of nitro benzene ring substituents is 1. The van der Waals surface area contributed by atoms with Crippen molar-refractivity contribution in [3.8, 4) is 0 Å². The number of hydrogen-bond acceptors (Lipinski definition) is 5. The van der Waals surface area contributed by atoms with Gasteiger partial charge >= 0.3 is 0 Å². The Bertz CT molecular complexity index is 655. The highest BCUT2D eigenvalue weighted by Gasteiger charge is 2.28. The smallest absolute Gasteiger partial charge is 0.282 e. The summed E-state index contributed by atoms with van der Waals surface area (Å²) < 4.78 is 0. The number of carbonyl (C=O) groups excluding carboxylic acids is 2. The fraction of sp³-hybridized carbons (Fsp3) is 0.467.